The second kappa shape index (κ2) is 7.21. The summed E-state index contributed by atoms with van der Waals surface area (Å²) in [6.45, 7) is 4.43. The third kappa shape index (κ3) is 3.50. The lowest BCUT2D eigenvalue weighted by Gasteiger charge is -2.36. The summed E-state index contributed by atoms with van der Waals surface area (Å²) < 4.78 is 5.08. The maximum Gasteiger partial charge on any atom is 0.257 e. The first kappa shape index (κ1) is 17.4. The van der Waals surface area contributed by atoms with Crippen molar-refractivity contribution in [2.75, 3.05) is 6.54 Å². The van der Waals surface area contributed by atoms with Gasteiger partial charge in [0.25, 0.3) is 11.6 Å². The Kier molecular flexibility index (Phi) is 5.01. The molecule has 2 N–H and O–H groups in total. The maximum absolute atomic E-state index is 12.8. The minimum atomic E-state index is -0.830. The van der Waals surface area contributed by atoms with Gasteiger partial charge >= 0.3 is 0 Å². The highest BCUT2D eigenvalue weighted by Gasteiger charge is 2.40. The highest BCUT2D eigenvalue weighted by molar-refractivity contribution is 6.00. The zero-order chi connectivity index (χ0) is 17.9. The number of pyridine rings is 1. The summed E-state index contributed by atoms with van der Waals surface area (Å²) in [6, 6.07) is 1.71. The van der Waals surface area contributed by atoms with Gasteiger partial charge in [0.05, 0.1) is 16.6 Å². The molecule has 1 aliphatic rings. The predicted molar refractivity (Wildman–Crippen MR) is 93.1 cm³/mol. The Morgan fingerprint density at radius 1 is 1.28 bits per heavy atom. The summed E-state index contributed by atoms with van der Waals surface area (Å²) in [6.07, 6.45) is 6.61. The second-order valence-electron chi connectivity index (χ2n) is 6.70. The third-order valence-corrected chi connectivity index (χ3v) is 4.80. The van der Waals surface area contributed by atoms with Crippen LogP contribution >= 0.6 is 0 Å². The van der Waals surface area contributed by atoms with E-state index in [1.54, 1.807) is 13.0 Å². The molecule has 25 heavy (non-hydrogen) atoms. The number of hydrogen-bond donors (Lipinski definition) is 2. The molecule has 0 spiro atoms. The summed E-state index contributed by atoms with van der Waals surface area (Å²) in [4.78, 5) is 29.6. The summed E-state index contributed by atoms with van der Waals surface area (Å²) in [5.41, 5.74) is 0.669. The molecule has 0 unspecified atom stereocenters. The van der Waals surface area contributed by atoms with Gasteiger partial charge in [0.15, 0.2) is 0 Å². The van der Waals surface area contributed by atoms with E-state index in [-0.39, 0.29) is 11.8 Å². The molecular weight excluding hydrogens is 320 g/mol. The number of carbonyl (C=O) groups excluding carboxylic acids is 2. The van der Waals surface area contributed by atoms with Gasteiger partial charge in [0, 0.05) is 12.7 Å². The zero-order valence-electron chi connectivity index (χ0n) is 14.7. The molecule has 2 heterocycles. The minimum absolute atomic E-state index is 0.0856. The Morgan fingerprint density at radius 2 is 2.04 bits per heavy atom. The van der Waals surface area contributed by atoms with Gasteiger partial charge in [-0.05, 0) is 32.3 Å². The molecule has 7 heteroatoms. The van der Waals surface area contributed by atoms with Crippen LogP contribution in [0.3, 0.4) is 0 Å². The summed E-state index contributed by atoms with van der Waals surface area (Å²) in [7, 11) is 0. The highest BCUT2D eigenvalue weighted by Crippen LogP contribution is 2.29. The molecule has 0 atom stereocenters. The molecule has 7 nitrogen and oxygen atoms in total. The quantitative estimate of drug-likeness (QED) is 0.868. The Labute approximate surface area is 146 Å². The summed E-state index contributed by atoms with van der Waals surface area (Å²) >= 11 is 0. The van der Waals surface area contributed by atoms with E-state index in [0.717, 1.165) is 25.7 Å². The Balaban J connectivity index is 1.83. The van der Waals surface area contributed by atoms with E-state index in [2.05, 4.69) is 20.8 Å². The van der Waals surface area contributed by atoms with Gasteiger partial charge in [-0.3, -0.25) is 9.59 Å². The topological polar surface area (TPSA) is 97.1 Å². The molecule has 0 bridgehead atoms. The molecule has 1 fully saturated rings. The number of nitrogens with one attached hydrogen (secondary N) is 2. The van der Waals surface area contributed by atoms with Crippen LogP contribution in [0.4, 0.5) is 0 Å². The van der Waals surface area contributed by atoms with Crippen molar-refractivity contribution in [1.29, 1.82) is 0 Å². The van der Waals surface area contributed by atoms with E-state index < -0.39 is 5.54 Å². The molecule has 2 aromatic heterocycles. The van der Waals surface area contributed by atoms with Gasteiger partial charge < -0.3 is 15.2 Å². The fourth-order valence-electron chi connectivity index (χ4n) is 3.33. The molecule has 1 saturated carbocycles. The first-order chi connectivity index (χ1) is 12.1. The van der Waals surface area contributed by atoms with E-state index in [1.165, 1.54) is 6.20 Å². The standard InChI is InChI=1S/C18H24N4O3/c1-3-9-19-17(24)18(7-5-4-6-8-18)21-15(23)13-10-14-12(2)22-25-16(14)20-11-13/h10-11H,3-9H2,1-2H3,(H,19,24)(H,21,23). The fraction of sp³-hybridized carbons (Fsp3) is 0.556. The number of amides is 2. The van der Waals surface area contributed by atoms with Crippen LogP contribution in [0.5, 0.6) is 0 Å². The summed E-state index contributed by atoms with van der Waals surface area (Å²) in [5.74, 6) is -0.374. The van der Waals surface area contributed by atoms with Crippen LogP contribution in [0.15, 0.2) is 16.8 Å². The first-order valence-electron chi connectivity index (χ1n) is 8.88. The minimum Gasteiger partial charge on any atom is -0.354 e. The Hall–Kier alpha value is -2.44. The molecule has 2 amide bonds. The average Bonchev–Trinajstić information content (AvgIpc) is 3.01. The van der Waals surface area contributed by atoms with Gasteiger partial charge in [-0.25, -0.2) is 4.98 Å². The monoisotopic (exact) mass is 344 g/mol. The highest BCUT2D eigenvalue weighted by atomic mass is 16.5. The van der Waals surface area contributed by atoms with Crippen molar-refractivity contribution in [1.82, 2.24) is 20.8 Å². The lowest BCUT2D eigenvalue weighted by Crippen LogP contribution is -2.59. The largest absolute Gasteiger partial charge is 0.354 e. The summed E-state index contributed by atoms with van der Waals surface area (Å²) in [5, 5.41) is 10.5. The Morgan fingerprint density at radius 3 is 2.76 bits per heavy atom. The van der Waals surface area contributed by atoms with Crippen molar-refractivity contribution in [3.8, 4) is 0 Å². The second-order valence-corrected chi connectivity index (χ2v) is 6.70. The van der Waals surface area contributed by atoms with Crippen molar-refractivity contribution < 1.29 is 14.1 Å². The van der Waals surface area contributed by atoms with E-state index in [9.17, 15) is 9.59 Å². The van der Waals surface area contributed by atoms with Crippen molar-refractivity contribution in [2.45, 2.75) is 57.9 Å². The van der Waals surface area contributed by atoms with Crippen molar-refractivity contribution >= 4 is 22.9 Å². The van der Waals surface area contributed by atoms with Gasteiger partial charge in [-0.15, -0.1) is 0 Å². The number of aryl methyl sites for hydroxylation is 1. The van der Waals surface area contributed by atoms with Gasteiger partial charge in [0.1, 0.15) is 5.54 Å². The van der Waals surface area contributed by atoms with Crippen molar-refractivity contribution in [3.05, 3.63) is 23.5 Å². The third-order valence-electron chi connectivity index (χ3n) is 4.80. The molecule has 0 aromatic carbocycles. The van der Waals surface area contributed by atoms with Gasteiger partial charge in [-0.1, -0.05) is 31.3 Å². The van der Waals surface area contributed by atoms with Gasteiger partial charge in [0.2, 0.25) is 5.91 Å². The fourth-order valence-corrected chi connectivity index (χ4v) is 3.33. The zero-order valence-corrected chi connectivity index (χ0v) is 14.7. The smallest absolute Gasteiger partial charge is 0.257 e. The molecule has 3 rings (SSSR count). The lowest BCUT2D eigenvalue weighted by molar-refractivity contribution is -0.128. The van der Waals surface area contributed by atoms with Crippen LogP contribution in [-0.4, -0.2) is 34.0 Å². The number of nitrogens with zero attached hydrogens (tertiary/aromatic N) is 2. The molecule has 2 aromatic rings. The number of aromatic nitrogens is 2. The van der Waals surface area contributed by atoms with Gasteiger partial charge in [-0.2, -0.15) is 0 Å². The van der Waals surface area contributed by atoms with Crippen LogP contribution in [0, 0.1) is 6.92 Å². The normalized spacial score (nSPS) is 16.6. The SMILES string of the molecule is CCCNC(=O)C1(NC(=O)c2cnc3onc(C)c3c2)CCCCC1. The number of hydrogen-bond acceptors (Lipinski definition) is 5. The van der Waals surface area contributed by atoms with Crippen molar-refractivity contribution in [2.24, 2.45) is 0 Å². The number of rotatable bonds is 5. The lowest BCUT2D eigenvalue weighted by atomic mass is 9.80. The van der Waals surface area contributed by atoms with E-state index in [4.69, 9.17) is 4.52 Å². The first-order valence-corrected chi connectivity index (χ1v) is 8.88. The molecule has 0 saturated heterocycles. The van der Waals surface area contributed by atoms with E-state index >= 15 is 0 Å². The molecule has 1 aliphatic carbocycles. The maximum atomic E-state index is 12.8. The molecular formula is C18H24N4O3. The average molecular weight is 344 g/mol. The predicted octanol–water partition coefficient (Wildman–Crippen LogP) is 2.49. The molecule has 0 aliphatic heterocycles. The van der Waals surface area contributed by atoms with Crippen LogP contribution in [0.2, 0.25) is 0 Å². The Bertz CT molecular complexity index is 778. The van der Waals surface area contributed by atoms with Crippen molar-refractivity contribution in [3.63, 3.8) is 0 Å². The molecule has 0 radical (unpaired) electrons. The van der Waals surface area contributed by atoms with Crippen LogP contribution in [0.25, 0.3) is 11.1 Å². The van der Waals surface area contributed by atoms with E-state index in [0.29, 0.717) is 41.7 Å². The van der Waals surface area contributed by atoms with E-state index in [1.807, 2.05) is 6.92 Å². The molecule has 134 valence electrons. The number of fused-ring (bicyclic) bond motifs is 1. The van der Waals surface area contributed by atoms with Crippen LogP contribution in [0.1, 0.15) is 61.5 Å². The van der Waals surface area contributed by atoms with Crippen LogP contribution in [-0.2, 0) is 4.79 Å². The van der Waals surface area contributed by atoms with Crippen LogP contribution < -0.4 is 10.6 Å². The number of carbonyl (C=O) groups is 2.